The van der Waals surface area contributed by atoms with Crippen molar-refractivity contribution in [1.82, 2.24) is 9.97 Å². The van der Waals surface area contributed by atoms with Crippen LogP contribution in [0.3, 0.4) is 0 Å². The Morgan fingerprint density at radius 1 is 1.36 bits per heavy atom. The number of imidazole rings is 1. The van der Waals surface area contributed by atoms with Crippen molar-refractivity contribution in [2.24, 2.45) is 0 Å². The van der Waals surface area contributed by atoms with Gasteiger partial charge in [0.25, 0.3) is 0 Å². The van der Waals surface area contributed by atoms with Gasteiger partial charge in [-0.2, -0.15) is 0 Å². The molecule has 14 heavy (non-hydrogen) atoms. The molecule has 0 aliphatic carbocycles. The van der Waals surface area contributed by atoms with E-state index in [2.05, 4.69) is 21.4 Å². The highest BCUT2D eigenvalue weighted by molar-refractivity contribution is 7.99. The van der Waals surface area contributed by atoms with Crippen LogP contribution in [0.15, 0.2) is 46.7 Å². The van der Waals surface area contributed by atoms with Crippen LogP contribution in [0.5, 0.6) is 0 Å². The Morgan fingerprint density at radius 2 is 2.21 bits per heavy atom. The first-order chi connectivity index (χ1) is 6.90. The highest BCUT2D eigenvalue weighted by atomic mass is 32.2. The molecule has 0 atom stereocenters. The standard InChI is InChI=1S/C10H11N3S/c1-11-8-4-2-3-5-9(8)14-10-12-6-7-13-10/h2-7,11H,1H3,(H,12,13). The van der Waals surface area contributed by atoms with Gasteiger partial charge in [-0.3, -0.25) is 0 Å². The lowest BCUT2D eigenvalue weighted by molar-refractivity contribution is 1.06. The van der Waals surface area contributed by atoms with E-state index in [4.69, 9.17) is 0 Å². The molecule has 1 aromatic carbocycles. The third kappa shape index (κ3) is 1.90. The van der Waals surface area contributed by atoms with Crippen molar-refractivity contribution in [2.45, 2.75) is 10.1 Å². The number of para-hydroxylation sites is 1. The van der Waals surface area contributed by atoms with E-state index >= 15 is 0 Å². The monoisotopic (exact) mass is 205 g/mol. The first-order valence-electron chi connectivity index (χ1n) is 4.34. The Balaban J connectivity index is 2.24. The largest absolute Gasteiger partial charge is 0.387 e. The van der Waals surface area contributed by atoms with Gasteiger partial charge in [-0.05, 0) is 23.9 Å². The molecule has 0 fully saturated rings. The molecule has 3 nitrogen and oxygen atoms in total. The number of hydrogen-bond donors (Lipinski definition) is 2. The third-order valence-electron chi connectivity index (χ3n) is 1.84. The highest BCUT2D eigenvalue weighted by Crippen LogP contribution is 2.30. The average Bonchev–Trinajstić information content (AvgIpc) is 2.71. The molecule has 1 heterocycles. The maximum absolute atomic E-state index is 4.17. The normalized spacial score (nSPS) is 10.1. The third-order valence-corrected chi connectivity index (χ3v) is 2.83. The molecule has 2 N–H and O–H groups in total. The number of hydrogen-bond acceptors (Lipinski definition) is 3. The van der Waals surface area contributed by atoms with Crippen LogP contribution in [0, 0.1) is 0 Å². The highest BCUT2D eigenvalue weighted by Gasteiger charge is 2.02. The summed E-state index contributed by atoms with van der Waals surface area (Å²) >= 11 is 1.62. The molecule has 0 bridgehead atoms. The SMILES string of the molecule is CNc1ccccc1Sc1ncc[nH]1. The van der Waals surface area contributed by atoms with Crippen molar-refractivity contribution < 1.29 is 0 Å². The smallest absolute Gasteiger partial charge is 0.170 e. The fourth-order valence-corrected chi connectivity index (χ4v) is 2.05. The first kappa shape index (κ1) is 9.15. The Morgan fingerprint density at radius 3 is 2.93 bits per heavy atom. The molecule has 0 unspecified atom stereocenters. The summed E-state index contributed by atoms with van der Waals surface area (Å²) in [6, 6.07) is 8.15. The zero-order chi connectivity index (χ0) is 9.80. The van der Waals surface area contributed by atoms with Gasteiger partial charge in [-0.15, -0.1) is 0 Å². The number of nitrogens with zero attached hydrogens (tertiary/aromatic N) is 1. The minimum atomic E-state index is 0.910. The zero-order valence-corrected chi connectivity index (χ0v) is 8.64. The molecular weight excluding hydrogens is 194 g/mol. The molecule has 0 saturated heterocycles. The van der Waals surface area contributed by atoms with Crippen molar-refractivity contribution in [3.8, 4) is 0 Å². The van der Waals surface area contributed by atoms with Gasteiger partial charge in [0.2, 0.25) is 0 Å². The van der Waals surface area contributed by atoms with Gasteiger partial charge in [0.15, 0.2) is 5.16 Å². The van der Waals surface area contributed by atoms with Crippen LogP contribution in [0.4, 0.5) is 5.69 Å². The number of aromatic amines is 1. The number of nitrogens with one attached hydrogen (secondary N) is 2. The molecule has 1 aromatic heterocycles. The van der Waals surface area contributed by atoms with Crippen molar-refractivity contribution in [3.63, 3.8) is 0 Å². The number of benzene rings is 1. The van der Waals surface area contributed by atoms with Gasteiger partial charge in [-0.25, -0.2) is 4.98 Å². The molecule has 4 heteroatoms. The van der Waals surface area contributed by atoms with Gasteiger partial charge in [-0.1, -0.05) is 12.1 Å². The maximum atomic E-state index is 4.17. The molecular formula is C10H11N3S. The summed E-state index contributed by atoms with van der Waals surface area (Å²) in [6.45, 7) is 0. The fraction of sp³-hybridized carbons (Fsp3) is 0.100. The molecule has 0 spiro atoms. The van der Waals surface area contributed by atoms with Gasteiger partial charge in [0.05, 0.1) is 0 Å². The van der Waals surface area contributed by atoms with Crippen LogP contribution in [0.2, 0.25) is 0 Å². The maximum Gasteiger partial charge on any atom is 0.170 e. The van der Waals surface area contributed by atoms with Gasteiger partial charge < -0.3 is 10.3 Å². The molecule has 0 aliphatic rings. The van der Waals surface area contributed by atoms with Crippen LogP contribution in [0.25, 0.3) is 0 Å². The Hall–Kier alpha value is -1.42. The van der Waals surface area contributed by atoms with Crippen LogP contribution < -0.4 is 5.32 Å². The van der Waals surface area contributed by atoms with Crippen LogP contribution in [0.1, 0.15) is 0 Å². The Kier molecular flexibility index (Phi) is 2.74. The Bertz CT molecular complexity index is 398. The van der Waals surface area contributed by atoms with E-state index in [0.29, 0.717) is 0 Å². The lowest BCUT2D eigenvalue weighted by atomic mass is 10.3. The summed E-state index contributed by atoms with van der Waals surface area (Å²) in [4.78, 5) is 8.40. The minimum absolute atomic E-state index is 0.910. The van der Waals surface area contributed by atoms with Crippen molar-refractivity contribution in [2.75, 3.05) is 12.4 Å². The van der Waals surface area contributed by atoms with Gasteiger partial charge >= 0.3 is 0 Å². The zero-order valence-electron chi connectivity index (χ0n) is 7.82. The number of H-pyrrole nitrogens is 1. The van der Waals surface area contributed by atoms with Gasteiger partial charge in [0, 0.05) is 30.0 Å². The quantitative estimate of drug-likeness (QED) is 0.809. The second-order valence-electron chi connectivity index (χ2n) is 2.74. The predicted octanol–water partition coefficient (Wildman–Crippen LogP) is 2.60. The summed E-state index contributed by atoms with van der Waals surface area (Å²) in [5.74, 6) is 0. The summed E-state index contributed by atoms with van der Waals surface area (Å²) in [7, 11) is 1.92. The summed E-state index contributed by atoms with van der Waals surface area (Å²) < 4.78 is 0. The molecule has 0 aliphatic heterocycles. The molecule has 2 rings (SSSR count). The number of aromatic nitrogens is 2. The van der Waals surface area contributed by atoms with E-state index in [1.54, 1.807) is 18.0 Å². The second kappa shape index (κ2) is 4.19. The minimum Gasteiger partial charge on any atom is -0.387 e. The summed E-state index contributed by atoms with van der Waals surface area (Å²) in [5, 5.41) is 4.06. The Labute approximate surface area is 87.0 Å². The number of anilines is 1. The summed E-state index contributed by atoms with van der Waals surface area (Å²) in [5.41, 5.74) is 1.12. The summed E-state index contributed by atoms with van der Waals surface area (Å²) in [6.07, 6.45) is 3.58. The molecule has 0 amide bonds. The molecule has 0 saturated carbocycles. The van der Waals surface area contributed by atoms with Crippen LogP contribution in [-0.2, 0) is 0 Å². The van der Waals surface area contributed by atoms with Crippen molar-refractivity contribution in [1.29, 1.82) is 0 Å². The molecule has 2 aromatic rings. The average molecular weight is 205 g/mol. The second-order valence-corrected chi connectivity index (χ2v) is 3.77. The first-order valence-corrected chi connectivity index (χ1v) is 5.16. The fourth-order valence-electron chi connectivity index (χ4n) is 1.17. The topological polar surface area (TPSA) is 40.7 Å². The van der Waals surface area contributed by atoms with E-state index in [9.17, 15) is 0 Å². The number of rotatable bonds is 3. The van der Waals surface area contributed by atoms with Crippen LogP contribution in [-0.4, -0.2) is 17.0 Å². The van der Waals surface area contributed by atoms with E-state index < -0.39 is 0 Å². The predicted molar refractivity (Wildman–Crippen MR) is 58.7 cm³/mol. The molecule has 0 radical (unpaired) electrons. The van der Waals surface area contributed by atoms with Crippen molar-refractivity contribution in [3.05, 3.63) is 36.7 Å². The van der Waals surface area contributed by atoms with E-state index in [1.165, 1.54) is 4.90 Å². The van der Waals surface area contributed by atoms with Crippen LogP contribution >= 0.6 is 11.8 Å². The van der Waals surface area contributed by atoms with Gasteiger partial charge in [0.1, 0.15) is 0 Å². The lowest BCUT2D eigenvalue weighted by Crippen LogP contribution is -1.89. The van der Waals surface area contributed by atoms with E-state index in [1.807, 2.05) is 31.4 Å². The van der Waals surface area contributed by atoms with E-state index in [0.717, 1.165) is 10.8 Å². The lowest BCUT2D eigenvalue weighted by Gasteiger charge is -2.05. The van der Waals surface area contributed by atoms with Crippen molar-refractivity contribution >= 4 is 17.4 Å². The van der Waals surface area contributed by atoms with E-state index in [-0.39, 0.29) is 0 Å². The molecule has 72 valence electrons.